The van der Waals surface area contributed by atoms with E-state index in [-0.39, 0.29) is 5.41 Å². The predicted molar refractivity (Wildman–Crippen MR) is 57.5 cm³/mol. The van der Waals surface area contributed by atoms with Gasteiger partial charge in [0.2, 0.25) is 0 Å². The number of rotatable bonds is 5. The van der Waals surface area contributed by atoms with Crippen LogP contribution in [0.1, 0.15) is 46.0 Å². The molecule has 3 heteroatoms. The highest BCUT2D eigenvalue weighted by Gasteiger charge is 2.51. The van der Waals surface area contributed by atoms with Crippen LogP contribution < -0.4 is 0 Å². The minimum absolute atomic E-state index is 0.144. The maximum atomic E-state index is 5.76. The normalized spacial score (nSPS) is 39.6. The lowest BCUT2D eigenvalue weighted by molar-refractivity contribution is -0.470. The summed E-state index contributed by atoms with van der Waals surface area (Å²) in [5.41, 5.74) is 0.144. The first-order valence-electron chi connectivity index (χ1n) is 6.16. The van der Waals surface area contributed by atoms with Gasteiger partial charge >= 0.3 is 0 Å². The molecule has 3 saturated heterocycles. The van der Waals surface area contributed by atoms with Crippen molar-refractivity contribution in [2.45, 2.75) is 51.9 Å². The fourth-order valence-corrected chi connectivity index (χ4v) is 2.33. The van der Waals surface area contributed by atoms with E-state index >= 15 is 0 Å². The fourth-order valence-electron chi connectivity index (χ4n) is 2.33. The molecule has 0 saturated carbocycles. The SMILES string of the molecule is CCCCC12COC(CCC)(OC1)OC2. The summed E-state index contributed by atoms with van der Waals surface area (Å²) in [7, 11) is 0. The largest absolute Gasteiger partial charge is 0.327 e. The Labute approximate surface area is 92.1 Å². The lowest BCUT2D eigenvalue weighted by Crippen LogP contribution is -2.59. The first kappa shape index (κ1) is 11.4. The van der Waals surface area contributed by atoms with Crippen molar-refractivity contribution in [2.24, 2.45) is 5.41 Å². The minimum atomic E-state index is -0.692. The molecule has 0 amide bonds. The standard InChI is InChI=1S/C12H22O3/c1-3-5-7-11-8-13-12(6-4-2,14-9-11)15-10-11/h3-10H2,1-2H3. The van der Waals surface area contributed by atoms with Crippen LogP contribution in [0, 0.1) is 5.41 Å². The van der Waals surface area contributed by atoms with E-state index in [9.17, 15) is 0 Å². The summed E-state index contributed by atoms with van der Waals surface area (Å²) in [6, 6.07) is 0. The molecule has 3 aliphatic heterocycles. The number of fused-ring (bicyclic) bond motifs is 3. The van der Waals surface area contributed by atoms with Crippen LogP contribution in [0.25, 0.3) is 0 Å². The van der Waals surface area contributed by atoms with Gasteiger partial charge in [0.05, 0.1) is 19.8 Å². The van der Waals surface area contributed by atoms with E-state index in [0.717, 1.165) is 39.1 Å². The van der Waals surface area contributed by atoms with Crippen molar-refractivity contribution < 1.29 is 14.2 Å². The van der Waals surface area contributed by atoms with Crippen molar-refractivity contribution in [3.63, 3.8) is 0 Å². The molecule has 15 heavy (non-hydrogen) atoms. The van der Waals surface area contributed by atoms with Gasteiger partial charge in [0.1, 0.15) is 0 Å². The molecule has 0 spiro atoms. The van der Waals surface area contributed by atoms with Gasteiger partial charge < -0.3 is 14.2 Å². The minimum Gasteiger partial charge on any atom is -0.327 e. The Morgan fingerprint density at radius 1 is 0.867 bits per heavy atom. The van der Waals surface area contributed by atoms with E-state index in [0.29, 0.717) is 0 Å². The molecule has 0 atom stereocenters. The van der Waals surface area contributed by atoms with Gasteiger partial charge in [-0.3, -0.25) is 0 Å². The zero-order chi connectivity index (χ0) is 10.8. The molecular weight excluding hydrogens is 192 g/mol. The van der Waals surface area contributed by atoms with E-state index in [2.05, 4.69) is 13.8 Å². The molecule has 0 aromatic heterocycles. The molecule has 2 bridgehead atoms. The Balaban J connectivity index is 1.92. The van der Waals surface area contributed by atoms with Crippen LogP contribution in [-0.4, -0.2) is 25.8 Å². The van der Waals surface area contributed by atoms with Crippen LogP contribution in [-0.2, 0) is 14.2 Å². The van der Waals surface area contributed by atoms with E-state index in [1.165, 1.54) is 12.8 Å². The third-order valence-corrected chi connectivity index (χ3v) is 3.41. The molecule has 3 heterocycles. The number of unbranched alkanes of at least 4 members (excludes halogenated alkanes) is 1. The lowest BCUT2D eigenvalue weighted by atomic mass is 9.83. The van der Waals surface area contributed by atoms with Crippen LogP contribution in [0.2, 0.25) is 0 Å². The number of ether oxygens (including phenoxy) is 3. The Bertz CT molecular complexity index is 190. The van der Waals surface area contributed by atoms with Gasteiger partial charge in [-0.05, 0) is 12.8 Å². The second-order valence-electron chi connectivity index (χ2n) is 4.90. The first-order valence-corrected chi connectivity index (χ1v) is 6.16. The van der Waals surface area contributed by atoms with Gasteiger partial charge in [-0.2, -0.15) is 0 Å². The maximum Gasteiger partial charge on any atom is 0.282 e. The second-order valence-corrected chi connectivity index (χ2v) is 4.90. The van der Waals surface area contributed by atoms with E-state index in [4.69, 9.17) is 14.2 Å². The molecule has 3 aliphatic rings. The van der Waals surface area contributed by atoms with Gasteiger partial charge in [-0.15, -0.1) is 0 Å². The molecular formula is C12H22O3. The molecule has 0 radical (unpaired) electrons. The summed E-state index contributed by atoms with van der Waals surface area (Å²) in [5, 5.41) is 0. The molecule has 0 aromatic carbocycles. The molecule has 0 unspecified atom stereocenters. The summed E-state index contributed by atoms with van der Waals surface area (Å²) in [6.45, 7) is 6.78. The van der Waals surface area contributed by atoms with Crippen LogP contribution in [0.3, 0.4) is 0 Å². The van der Waals surface area contributed by atoms with Crippen LogP contribution in [0.15, 0.2) is 0 Å². The van der Waals surface area contributed by atoms with Crippen molar-refractivity contribution in [3.8, 4) is 0 Å². The Hall–Kier alpha value is -0.120. The zero-order valence-corrected chi connectivity index (χ0v) is 9.88. The number of hydrogen-bond acceptors (Lipinski definition) is 3. The molecule has 0 aliphatic carbocycles. The van der Waals surface area contributed by atoms with Crippen LogP contribution >= 0.6 is 0 Å². The quantitative estimate of drug-likeness (QED) is 0.704. The van der Waals surface area contributed by atoms with Crippen molar-refractivity contribution in [3.05, 3.63) is 0 Å². The summed E-state index contributed by atoms with van der Waals surface area (Å²) in [6.07, 6.45) is 5.49. The van der Waals surface area contributed by atoms with Gasteiger partial charge in [-0.25, -0.2) is 0 Å². The third-order valence-electron chi connectivity index (χ3n) is 3.41. The molecule has 0 N–H and O–H groups in total. The van der Waals surface area contributed by atoms with E-state index in [1.807, 2.05) is 0 Å². The highest BCUT2D eigenvalue weighted by molar-refractivity contribution is 4.88. The average Bonchev–Trinajstić information content (AvgIpc) is 2.29. The molecule has 0 aromatic rings. The van der Waals surface area contributed by atoms with Crippen molar-refractivity contribution in [1.82, 2.24) is 0 Å². The summed E-state index contributed by atoms with van der Waals surface area (Å²) in [5.74, 6) is -0.692. The third kappa shape index (κ3) is 2.19. The fraction of sp³-hybridized carbons (Fsp3) is 1.00. The highest BCUT2D eigenvalue weighted by Crippen LogP contribution is 2.43. The van der Waals surface area contributed by atoms with E-state index < -0.39 is 5.97 Å². The van der Waals surface area contributed by atoms with Crippen LogP contribution in [0.4, 0.5) is 0 Å². The Kier molecular flexibility index (Phi) is 3.33. The van der Waals surface area contributed by atoms with Crippen molar-refractivity contribution in [1.29, 1.82) is 0 Å². The summed E-state index contributed by atoms with van der Waals surface area (Å²) in [4.78, 5) is 0. The number of hydrogen-bond donors (Lipinski definition) is 0. The Morgan fingerprint density at radius 3 is 1.93 bits per heavy atom. The van der Waals surface area contributed by atoms with E-state index in [1.54, 1.807) is 0 Å². The van der Waals surface area contributed by atoms with Gasteiger partial charge in [-0.1, -0.05) is 26.7 Å². The lowest BCUT2D eigenvalue weighted by Gasteiger charge is -2.52. The monoisotopic (exact) mass is 214 g/mol. The molecule has 3 nitrogen and oxygen atoms in total. The van der Waals surface area contributed by atoms with Crippen LogP contribution in [0.5, 0.6) is 0 Å². The maximum absolute atomic E-state index is 5.76. The van der Waals surface area contributed by atoms with Gasteiger partial charge in [0, 0.05) is 11.8 Å². The highest BCUT2D eigenvalue weighted by atomic mass is 16.9. The Morgan fingerprint density at radius 2 is 1.47 bits per heavy atom. The van der Waals surface area contributed by atoms with Crippen molar-refractivity contribution in [2.75, 3.05) is 19.8 Å². The first-order chi connectivity index (χ1) is 7.24. The van der Waals surface area contributed by atoms with Gasteiger partial charge in [0.25, 0.3) is 5.97 Å². The van der Waals surface area contributed by atoms with Gasteiger partial charge in [0.15, 0.2) is 0 Å². The topological polar surface area (TPSA) is 27.7 Å². The molecule has 3 rings (SSSR count). The second kappa shape index (κ2) is 4.40. The molecule has 3 fully saturated rings. The predicted octanol–water partition coefficient (Wildman–Crippen LogP) is 2.69. The smallest absolute Gasteiger partial charge is 0.282 e. The summed E-state index contributed by atoms with van der Waals surface area (Å²) >= 11 is 0. The zero-order valence-electron chi connectivity index (χ0n) is 9.88. The molecule has 88 valence electrons. The summed E-state index contributed by atoms with van der Waals surface area (Å²) < 4.78 is 17.3. The average molecular weight is 214 g/mol. The van der Waals surface area contributed by atoms with Crippen molar-refractivity contribution >= 4 is 0 Å².